The average molecular weight is 561 g/mol. The molecule has 3 rings (SSSR count). The molecule has 0 spiro atoms. The number of carbonyl (C=O) groups is 4. The van der Waals surface area contributed by atoms with Crippen LogP contribution < -0.4 is 14.8 Å². The molecule has 1 atom stereocenters. The summed E-state index contributed by atoms with van der Waals surface area (Å²) in [6.07, 6.45) is 3.05. The molecule has 202 valence electrons. The highest BCUT2D eigenvalue weighted by Crippen LogP contribution is 2.35. The van der Waals surface area contributed by atoms with Gasteiger partial charge in [0.2, 0.25) is 5.91 Å². The number of thioether (sulfide) groups is 1. The molecule has 1 N–H and O–H groups in total. The SMILES string of the molecule is CCCOC(=O)c1cc(NC(=O)CN2C(=O)S/C(=C\c3ccc(O[C@@H](C)CC)c(OC)c3)C2=O)ccc1Cl. The second-order valence-electron chi connectivity index (χ2n) is 8.39. The first-order valence-corrected chi connectivity index (χ1v) is 13.2. The lowest BCUT2D eigenvalue weighted by molar-refractivity contribution is -0.127. The van der Waals surface area contributed by atoms with Gasteiger partial charge in [0.15, 0.2) is 11.5 Å². The van der Waals surface area contributed by atoms with Gasteiger partial charge in [-0.2, -0.15) is 0 Å². The van der Waals surface area contributed by atoms with Gasteiger partial charge in [0, 0.05) is 5.69 Å². The van der Waals surface area contributed by atoms with Crippen LogP contribution in [-0.4, -0.2) is 54.3 Å². The summed E-state index contributed by atoms with van der Waals surface area (Å²) in [4.78, 5) is 51.3. The molecule has 0 bridgehead atoms. The summed E-state index contributed by atoms with van der Waals surface area (Å²) >= 11 is 6.83. The maximum atomic E-state index is 12.9. The number of carbonyl (C=O) groups excluding carboxylic acids is 4. The zero-order valence-corrected chi connectivity index (χ0v) is 23.1. The summed E-state index contributed by atoms with van der Waals surface area (Å²) in [5, 5.41) is 2.19. The summed E-state index contributed by atoms with van der Waals surface area (Å²) in [5.41, 5.74) is 1.01. The van der Waals surface area contributed by atoms with Crippen molar-refractivity contribution in [2.45, 2.75) is 39.7 Å². The van der Waals surface area contributed by atoms with Gasteiger partial charge in [0.1, 0.15) is 6.54 Å². The summed E-state index contributed by atoms with van der Waals surface area (Å²) in [6.45, 7) is 5.57. The van der Waals surface area contributed by atoms with Crippen molar-refractivity contribution in [2.75, 3.05) is 25.6 Å². The van der Waals surface area contributed by atoms with Gasteiger partial charge in [-0.3, -0.25) is 19.3 Å². The molecule has 0 unspecified atom stereocenters. The Hall–Kier alpha value is -3.50. The second kappa shape index (κ2) is 13.3. The predicted octanol–water partition coefficient (Wildman–Crippen LogP) is 5.77. The molecule has 1 aliphatic heterocycles. The van der Waals surface area contributed by atoms with E-state index in [9.17, 15) is 19.2 Å². The van der Waals surface area contributed by atoms with Gasteiger partial charge < -0.3 is 19.5 Å². The van der Waals surface area contributed by atoms with Crippen molar-refractivity contribution in [3.8, 4) is 11.5 Å². The Morgan fingerprint density at radius 2 is 1.89 bits per heavy atom. The highest BCUT2D eigenvalue weighted by atomic mass is 35.5. The Kier molecular flexibility index (Phi) is 10.2. The van der Waals surface area contributed by atoms with Crippen LogP contribution in [0.5, 0.6) is 11.5 Å². The second-order valence-corrected chi connectivity index (χ2v) is 9.79. The van der Waals surface area contributed by atoms with Crippen molar-refractivity contribution in [3.63, 3.8) is 0 Å². The molecule has 0 radical (unpaired) electrons. The average Bonchev–Trinajstić information content (AvgIpc) is 3.16. The summed E-state index contributed by atoms with van der Waals surface area (Å²) in [6, 6.07) is 9.55. The van der Waals surface area contributed by atoms with Gasteiger partial charge in [0.05, 0.1) is 35.3 Å². The molecule has 9 nitrogen and oxygen atoms in total. The molecular formula is C27H29ClN2O7S. The number of methoxy groups -OCH3 is 1. The van der Waals surface area contributed by atoms with Gasteiger partial charge in [0.25, 0.3) is 11.1 Å². The van der Waals surface area contributed by atoms with E-state index in [1.807, 2.05) is 20.8 Å². The zero-order chi connectivity index (χ0) is 27.8. The number of anilines is 1. The number of hydrogen-bond donors (Lipinski definition) is 1. The van der Waals surface area contributed by atoms with Crippen LogP contribution in [0.2, 0.25) is 5.02 Å². The van der Waals surface area contributed by atoms with Crippen molar-refractivity contribution < 1.29 is 33.4 Å². The lowest BCUT2D eigenvalue weighted by Crippen LogP contribution is -2.36. The number of nitrogens with zero attached hydrogens (tertiary/aromatic N) is 1. The molecule has 0 aliphatic carbocycles. The third-order valence-corrected chi connectivity index (χ3v) is 6.71. The first-order chi connectivity index (χ1) is 18.2. The quantitative estimate of drug-likeness (QED) is 0.272. The van der Waals surface area contributed by atoms with E-state index in [1.54, 1.807) is 24.3 Å². The molecule has 1 heterocycles. The fourth-order valence-electron chi connectivity index (χ4n) is 3.34. The Balaban J connectivity index is 1.69. The number of halogens is 1. The van der Waals surface area contributed by atoms with E-state index in [-0.39, 0.29) is 33.9 Å². The van der Waals surface area contributed by atoms with E-state index < -0.39 is 29.6 Å². The largest absolute Gasteiger partial charge is 0.493 e. The molecule has 38 heavy (non-hydrogen) atoms. The monoisotopic (exact) mass is 560 g/mol. The van der Waals surface area contributed by atoms with Crippen molar-refractivity contribution in [2.24, 2.45) is 0 Å². The predicted molar refractivity (Wildman–Crippen MR) is 147 cm³/mol. The van der Waals surface area contributed by atoms with Crippen molar-refractivity contribution in [1.82, 2.24) is 4.90 Å². The van der Waals surface area contributed by atoms with Gasteiger partial charge >= 0.3 is 5.97 Å². The van der Waals surface area contributed by atoms with Crippen molar-refractivity contribution in [3.05, 3.63) is 57.5 Å². The summed E-state index contributed by atoms with van der Waals surface area (Å²) in [7, 11) is 1.52. The van der Waals surface area contributed by atoms with Crippen LogP contribution in [0.4, 0.5) is 10.5 Å². The molecule has 11 heteroatoms. The molecule has 1 fully saturated rings. The van der Waals surface area contributed by atoms with Crippen LogP contribution in [-0.2, 0) is 14.3 Å². The Morgan fingerprint density at radius 3 is 2.58 bits per heavy atom. The Labute approximate surface area is 230 Å². The smallest absolute Gasteiger partial charge is 0.339 e. The number of nitrogens with one attached hydrogen (secondary N) is 1. The minimum absolute atomic E-state index is 0.00624. The Bertz CT molecular complexity index is 1260. The normalized spacial score (nSPS) is 15.0. The molecule has 0 aromatic heterocycles. The van der Waals surface area contributed by atoms with E-state index in [0.717, 1.165) is 23.1 Å². The van der Waals surface area contributed by atoms with Crippen LogP contribution in [0.3, 0.4) is 0 Å². The fourth-order valence-corrected chi connectivity index (χ4v) is 4.37. The van der Waals surface area contributed by atoms with E-state index in [4.69, 9.17) is 25.8 Å². The minimum Gasteiger partial charge on any atom is -0.493 e. The van der Waals surface area contributed by atoms with Crippen LogP contribution in [0, 0.1) is 0 Å². The van der Waals surface area contributed by atoms with Crippen molar-refractivity contribution >= 4 is 58.1 Å². The van der Waals surface area contributed by atoms with Crippen LogP contribution in [0.1, 0.15) is 49.5 Å². The zero-order valence-electron chi connectivity index (χ0n) is 21.5. The first-order valence-electron chi connectivity index (χ1n) is 12.0. The maximum Gasteiger partial charge on any atom is 0.339 e. The van der Waals surface area contributed by atoms with Gasteiger partial charge in [-0.05, 0) is 73.5 Å². The van der Waals surface area contributed by atoms with E-state index >= 15 is 0 Å². The maximum absolute atomic E-state index is 12.9. The number of amides is 3. The lowest BCUT2D eigenvalue weighted by atomic mass is 10.1. The lowest BCUT2D eigenvalue weighted by Gasteiger charge is -2.15. The van der Waals surface area contributed by atoms with E-state index in [2.05, 4.69) is 5.32 Å². The third kappa shape index (κ3) is 7.29. The van der Waals surface area contributed by atoms with Gasteiger partial charge in [-0.25, -0.2) is 4.79 Å². The topological polar surface area (TPSA) is 111 Å². The fraction of sp³-hybridized carbons (Fsp3) is 0.333. The first kappa shape index (κ1) is 29.1. The van der Waals surface area contributed by atoms with E-state index in [1.165, 1.54) is 25.3 Å². The standard InChI is InChI=1S/C27H29ClN2O7S/c1-5-11-36-26(33)19-14-18(8-9-20(19)28)29-24(31)15-30-25(32)23(38-27(30)34)13-17-7-10-21(22(12-17)35-4)37-16(3)6-2/h7-10,12-14,16H,5-6,11,15H2,1-4H3,(H,29,31)/b23-13-/t16-/m0/s1. The van der Waals surface area contributed by atoms with Gasteiger partial charge in [-0.1, -0.05) is 31.5 Å². The molecule has 1 aliphatic rings. The molecular weight excluding hydrogens is 532 g/mol. The summed E-state index contributed by atoms with van der Waals surface area (Å²) < 4.78 is 16.4. The molecule has 2 aromatic carbocycles. The molecule has 3 amide bonds. The number of imide groups is 1. The van der Waals surface area contributed by atoms with Crippen LogP contribution in [0.25, 0.3) is 6.08 Å². The van der Waals surface area contributed by atoms with Crippen LogP contribution in [0.15, 0.2) is 41.3 Å². The highest BCUT2D eigenvalue weighted by Gasteiger charge is 2.36. The van der Waals surface area contributed by atoms with E-state index in [0.29, 0.717) is 23.5 Å². The highest BCUT2D eigenvalue weighted by molar-refractivity contribution is 8.18. The number of rotatable bonds is 11. The minimum atomic E-state index is -0.614. The number of ether oxygens (including phenoxy) is 3. The number of benzene rings is 2. The molecule has 2 aromatic rings. The number of esters is 1. The summed E-state index contributed by atoms with van der Waals surface area (Å²) in [5.74, 6) is -0.739. The van der Waals surface area contributed by atoms with Crippen LogP contribution >= 0.6 is 23.4 Å². The Morgan fingerprint density at radius 1 is 1.13 bits per heavy atom. The molecule has 1 saturated heterocycles. The van der Waals surface area contributed by atoms with Gasteiger partial charge in [-0.15, -0.1) is 0 Å². The molecule has 0 saturated carbocycles. The number of hydrogen-bond acceptors (Lipinski definition) is 8. The third-order valence-electron chi connectivity index (χ3n) is 5.47. The van der Waals surface area contributed by atoms with Crippen molar-refractivity contribution in [1.29, 1.82) is 0 Å².